The van der Waals surface area contributed by atoms with Gasteiger partial charge in [-0.25, -0.2) is 19.3 Å². The van der Waals surface area contributed by atoms with Crippen LogP contribution in [0.3, 0.4) is 0 Å². The summed E-state index contributed by atoms with van der Waals surface area (Å²) in [7, 11) is 0. The molecule has 0 saturated carbocycles. The van der Waals surface area contributed by atoms with E-state index < -0.39 is 11.8 Å². The zero-order valence-electron chi connectivity index (χ0n) is 10.9. The van der Waals surface area contributed by atoms with Gasteiger partial charge in [0.1, 0.15) is 11.4 Å². The van der Waals surface area contributed by atoms with Crippen molar-refractivity contribution in [2.45, 2.75) is 36.1 Å². The Morgan fingerprint density at radius 3 is 2.90 bits per heavy atom. The molecule has 2 rings (SSSR count). The number of thiazole rings is 1. The molecule has 0 aliphatic rings. The van der Waals surface area contributed by atoms with E-state index in [0.29, 0.717) is 27.0 Å². The van der Waals surface area contributed by atoms with Crippen LogP contribution in [0.25, 0.3) is 0 Å². The number of halogens is 1. The Bertz CT molecular complexity index is 646. The smallest absolute Gasteiger partial charge is 0.308 e. The molecule has 0 aliphatic carbocycles. The standard InChI is InChI=1S/C12H12FN3O2S2/c1-3-7-10(13)11(15-5-14-7)20-12-16-6(2)8(19-12)4-9(17)18/h5H,3-4H2,1-2H3,(H,17,18). The molecule has 5 nitrogen and oxygen atoms in total. The maximum absolute atomic E-state index is 14.0. The van der Waals surface area contributed by atoms with Crippen LogP contribution in [0.5, 0.6) is 0 Å². The van der Waals surface area contributed by atoms with Gasteiger partial charge in [0, 0.05) is 4.88 Å². The number of rotatable bonds is 5. The molecule has 0 saturated heterocycles. The number of carboxylic acid groups (broad SMARTS) is 1. The molecule has 106 valence electrons. The Morgan fingerprint density at radius 1 is 1.50 bits per heavy atom. The van der Waals surface area contributed by atoms with Gasteiger partial charge in [-0.05, 0) is 25.1 Å². The molecule has 0 bridgehead atoms. The van der Waals surface area contributed by atoms with E-state index in [9.17, 15) is 9.18 Å². The number of nitrogens with zero attached hydrogens (tertiary/aromatic N) is 3. The molecule has 0 aliphatic heterocycles. The monoisotopic (exact) mass is 313 g/mol. The molecule has 2 heterocycles. The first-order valence-electron chi connectivity index (χ1n) is 5.86. The van der Waals surface area contributed by atoms with Crippen LogP contribution >= 0.6 is 23.1 Å². The summed E-state index contributed by atoms with van der Waals surface area (Å²) in [6, 6.07) is 0. The van der Waals surface area contributed by atoms with Gasteiger partial charge in [-0.2, -0.15) is 0 Å². The Morgan fingerprint density at radius 2 is 2.25 bits per heavy atom. The zero-order chi connectivity index (χ0) is 14.7. The van der Waals surface area contributed by atoms with Crippen molar-refractivity contribution >= 4 is 29.1 Å². The Labute approximate surface area is 123 Å². The summed E-state index contributed by atoms with van der Waals surface area (Å²) < 4.78 is 14.6. The van der Waals surface area contributed by atoms with Crippen molar-refractivity contribution in [3.8, 4) is 0 Å². The molecule has 0 radical (unpaired) electrons. The van der Waals surface area contributed by atoms with Gasteiger partial charge < -0.3 is 5.11 Å². The van der Waals surface area contributed by atoms with E-state index in [1.165, 1.54) is 17.7 Å². The van der Waals surface area contributed by atoms with Gasteiger partial charge in [0.25, 0.3) is 0 Å². The summed E-state index contributed by atoms with van der Waals surface area (Å²) in [6.07, 6.45) is 1.74. The van der Waals surface area contributed by atoms with Crippen LogP contribution in [0.1, 0.15) is 23.2 Å². The summed E-state index contributed by atoms with van der Waals surface area (Å²) in [6.45, 7) is 3.56. The molecule has 0 atom stereocenters. The van der Waals surface area contributed by atoms with E-state index in [-0.39, 0.29) is 11.4 Å². The molecule has 20 heavy (non-hydrogen) atoms. The van der Waals surface area contributed by atoms with E-state index in [1.807, 2.05) is 6.92 Å². The average molecular weight is 313 g/mol. The first kappa shape index (κ1) is 14.9. The minimum Gasteiger partial charge on any atom is -0.481 e. The molecule has 2 aromatic heterocycles. The SMILES string of the molecule is CCc1ncnc(Sc2nc(C)c(CC(=O)O)s2)c1F. The Hall–Kier alpha value is -1.54. The van der Waals surface area contributed by atoms with Gasteiger partial charge in [-0.1, -0.05) is 6.92 Å². The van der Waals surface area contributed by atoms with E-state index in [1.54, 1.807) is 6.92 Å². The number of carboxylic acids is 1. The number of aromatic nitrogens is 3. The minimum atomic E-state index is -0.908. The number of carbonyl (C=O) groups is 1. The predicted molar refractivity (Wildman–Crippen MR) is 73.7 cm³/mol. The lowest BCUT2D eigenvalue weighted by molar-refractivity contribution is -0.136. The highest BCUT2D eigenvalue weighted by molar-refractivity contribution is 8.01. The minimum absolute atomic E-state index is 0.0729. The third kappa shape index (κ3) is 3.31. The van der Waals surface area contributed by atoms with Crippen LogP contribution in [-0.4, -0.2) is 26.0 Å². The van der Waals surface area contributed by atoms with E-state index in [4.69, 9.17) is 5.11 Å². The van der Waals surface area contributed by atoms with Gasteiger partial charge in [0.2, 0.25) is 0 Å². The Kier molecular flexibility index (Phi) is 4.66. The second-order valence-corrected chi connectivity index (χ2v) is 6.27. The lowest BCUT2D eigenvalue weighted by Crippen LogP contribution is -1.99. The third-order valence-corrected chi connectivity index (χ3v) is 4.73. The van der Waals surface area contributed by atoms with Crippen molar-refractivity contribution in [1.82, 2.24) is 15.0 Å². The number of aryl methyl sites for hydroxylation is 2. The van der Waals surface area contributed by atoms with E-state index in [0.717, 1.165) is 11.8 Å². The Balaban J connectivity index is 2.24. The van der Waals surface area contributed by atoms with Crippen LogP contribution in [0.2, 0.25) is 0 Å². The highest BCUT2D eigenvalue weighted by atomic mass is 32.2. The van der Waals surface area contributed by atoms with Crippen molar-refractivity contribution < 1.29 is 14.3 Å². The van der Waals surface area contributed by atoms with Gasteiger partial charge in [0.15, 0.2) is 10.2 Å². The van der Waals surface area contributed by atoms with Gasteiger partial charge in [-0.15, -0.1) is 11.3 Å². The normalized spacial score (nSPS) is 10.8. The van der Waals surface area contributed by atoms with Crippen molar-refractivity contribution in [2.24, 2.45) is 0 Å². The van der Waals surface area contributed by atoms with E-state index in [2.05, 4.69) is 15.0 Å². The van der Waals surface area contributed by atoms with Gasteiger partial charge in [-0.3, -0.25) is 4.79 Å². The first-order valence-corrected chi connectivity index (χ1v) is 7.49. The number of hydrogen-bond donors (Lipinski definition) is 1. The lowest BCUT2D eigenvalue weighted by Gasteiger charge is -2.02. The van der Waals surface area contributed by atoms with E-state index >= 15 is 0 Å². The van der Waals surface area contributed by atoms with Crippen molar-refractivity contribution in [2.75, 3.05) is 0 Å². The molecular formula is C12H12FN3O2S2. The number of aliphatic carboxylic acids is 1. The van der Waals surface area contributed by atoms with Crippen molar-refractivity contribution in [3.05, 3.63) is 28.4 Å². The first-order chi connectivity index (χ1) is 9.51. The largest absolute Gasteiger partial charge is 0.481 e. The summed E-state index contributed by atoms with van der Waals surface area (Å²) in [5.74, 6) is -1.34. The highest BCUT2D eigenvalue weighted by Gasteiger charge is 2.16. The predicted octanol–water partition coefficient (Wildman–Crippen LogP) is 2.72. The van der Waals surface area contributed by atoms with Crippen molar-refractivity contribution in [3.63, 3.8) is 0 Å². The fourth-order valence-corrected chi connectivity index (χ4v) is 3.68. The fourth-order valence-electron chi connectivity index (χ4n) is 1.53. The average Bonchev–Trinajstić information content (AvgIpc) is 2.71. The zero-order valence-corrected chi connectivity index (χ0v) is 12.5. The second-order valence-electron chi connectivity index (χ2n) is 3.95. The van der Waals surface area contributed by atoms with Crippen LogP contribution in [0.15, 0.2) is 15.7 Å². The van der Waals surface area contributed by atoms with Crippen LogP contribution in [0, 0.1) is 12.7 Å². The second kappa shape index (κ2) is 6.27. The number of hydrogen-bond acceptors (Lipinski definition) is 6. The summed E-state index contributed by atoms with van der Waals surface area (Å²) >= 11 is 2.34. The summed E-state index contributed by atoms with van der Waals surface area (Å²) in [5, 5.41) is 9.01. The molecule has 2 aromatic rings. The van der Waals surface area contributed by atoms with Gasteiger partial charge in [0.05, 0.1) is 17.8 Å². The molecule has 1 N–H and O–H groups in total. The molecule has 0 aromatic carbocycles. The fraction of sp³-hybridized carbons (Fsp3) is 0.333. The summed E-state index contributed by atoms with van der Waals surface area (Å²) in [4.78, 5) is 23.4. The third-order valence-electron chi connectivity index (χ3n) is 2.53. The van der Waals surface area contributed by atoms with Crippen molar-refractivity contribution in [1.29, 1.82) is 0 Å². The van der Waals surface area contributed by atoms with Crippen LogP contribution < -0.4 is 0 Å². The maximum Gasteiger partial charge on any atom is 0.308 e. The molecule has 0 unspecified atom stereocenters. The quantitative estimate of drug-likeness (QED) is 0.855. The maximum atomic E-state index is 14.0. The lowest BCUT2D eigenvalue weighted by atomic mass is 10.3. The molecule has 0 amide bonds. The highest BCUT2D eigenvalue weighted by Crippen LogP contribution is 2.33. The molecular weight excluding hydrogens is 301 g/mol. The molecule has 0 fully saturated rings. The topological polar surface area (TPSA) is 76.0 Å². The molecule has 8 heteroatoms. The molecule has 0 spiro atoms. The summed E-state index contributed by atoms with van der Waals surface area (Å²) in [5.41, 5.74) is 1.02. The van der Waals surface area contributed by atoms with Crippen LogP contribution in [-0.2, 0) is 17.6 Å². The van der Waals surface area contributed by atoms with Crippen LogP contribution in [0.4, 0.5) is 4.39 Å². The van der Waals surface area contributed by atoms with Gasteiger partial charge >= 0.3 is 5.97 Å².